The number of hydrogen-bond acceptors (Lipinski definition) is 6. The normalized spacial score (nSPS) is 18.2. The fourth-order valence-corrected chi connectivity index (χ4v) is 4.37. The first kappa shape index (κ1) is 25.9. The van der Waals surface area contributed by atoms with Crippen LogP contribution in [0.5, 0.6) is 0 Å². The monoisotopic (exact) mass is 500 g/mol. The maximum absolute atomic E-state index is 14.5. The molecular formula is C26H30F2N4O4. The highest BCUT2D eigenvalue weighted by Gasteiger charge is 2.35. The number of methoxy groups -OCH3 is 1. The van der Waals surface area contributed by atoms with E-state index >= 15 is 0 Å². The van der Waals surface area contributed by atoms with Crippen molar-refractivity contribution in [3.8, 4) is 0 Å². The van der Waals surface area contributed by atoms with E-state index in [9.17, 15) is 18.4 Å². The summed E-state index contributed by atoms with van der Waals surface area (Å²) in [5, 5.41) is 5.77. The number of rotatable bonds is 9. The molecule has 0 bridgehead atoms. The average molecular weight is 501 g/mol. The zero-order valence-corrected chi connectivity index (χ0v) is 20.2. The number of benzene rings is 2. The summed E-state index contributed by atoms with van der Waals surface area (Å²) in [6, 6.07) is 11.5. The van der Waals surface area contributed by atoms with E-state index in [-0.39, 0.29) is 25.5 Å². The first-order valence-electron chi connectivity index (χ1n) is 11.9. The number of carbonyl (C=O) groups excluding carboxylic acids is 2. The first-order chi connectivity index (χ1) is 17.5. The molecule has 8 nitrogen and oxygen atoms in total. The van der Waals surface area contributed by atoms with Crippen molar-refractivity contribution < 1.29 is 27.8 Å². The van der Waals surface area contributed by atoms with Gasteiger partial charge in [0.15, 0.2) is 0 Å². The van der Waals surface area contributed by atoms with Gasteiger partial charge in [-0.1, -0.05) is 30.3 Å². The third kappa shape index (κ3) is 6.31. The number of halogens is 2. The molecule has 2 aliphatic rings. The van der Waals surface area contributed by atoms with E-state index in [2.05, 4.69) is 10.0 Å². The van der Waals surface area contributed by atoms with Gasteiger partial charge in [-0.15, -0.1) is 0 Å². The van der Waals surface area contributed by atoms with Gasteiger partial charge in [0, 0.05) is 45.3 Å². The summed E-state index contributed by atoms with van der Waals surface area (Å²) < 4.78 is 38.5. The zero-order valence-electron chi connectivity index (χ0n) is 20.2. The summed E-state index contributed by atoms with van der Waals surface area (Å²) in [6.45, 7) is 3.35. The van der Waals surface area contributed by atoms with E-state index in [1.165, 1.54) is 35.2 Å². The number of carbonyl (C=O) groups is 2. The summed E-state index contributed by atoms with van der Waals surface area (Å²) in [6.07, 6.45) is 0.262. The number of nitrogens with zero attached hydrogens (tertiary/aromatic N) is 4. The van der Waals surface area contributed by atoms with Crippen LogP contribution in [-0.2, 0) is 19.1 Å². The Bertz CT molecular complexity index is 1090. The molecule has 0 N–H and O–H groups in total. The molecule has 1 atom stereocenters. The Balaban J connectivity index is 1.55. The van der Waals surface area contributed by atoms with Crippen LogP contribution in [0.4, 0.5) is 8.78 Å². The summed E-state index contributed by atoms with van der Waals surface area (Å²) in [5.74, 6) is -1.56. The molecule has 2 aromatic rings. The van der Waals surface area contributed by atoms with Gasteiger partial charge in [-0.2, -0.15) is 5.10 Å². The molecule has 192 valence electrons. The second-order valence-electron chi connectivity index (χ2n) is 8.74. The first-order valence-corrected chi connectivity index (χ1v) is 11.9. The van der Waals surface area contributed by atoms with Gasteiger partial charge in [-0.3, -0.25) is 14.5 Å². The second kappa shape index (κ2) is 12.2. The Morgan fingerprint density at radius 2 is 1.83 bits per heavy atom. The summed E-state index contributed by atoms with van der Waals surface area (Å²) in [4.78, 5) is 29.9. The van der Waals surface area contributed by atoms with Crippen LogP contribution in [0.1, 0.15) is 23.6 Å². The molecule has 4 rings (SSSR count). The molecule has 36 heavy (non-hydrogen) atoms. The number of morpholine rings is 1. The molecule has 1 saturated heterocycles. The van der Waals surface area contributed by atoms with Crippen molar-refractivity contribution >= 4 is 17.5 Å². The van der Waals surface area contributed by atoms with E-state index in [0.29, 0.717) is 43.1 Å². The van der Waals surface area contributed by atoms with Crippen LogP contribution in [0.3, 0.4) is 0 Å². The largest absolute Gasteiger partial charge is 0.379 e. The van der Waals surface area contributed by atoms with Gasteiger partial charge in [-0.05, 0) is 23.8 Å². The van der Waals surface area contributed by atoms with Crippen molar-refractivity contribution in [1.29, 1.82) is 0 Å². The topological polar surface area (TPSA) is 74.7 Å². The fourth-order valence-electron chi connectivity index (χ4n) is 4.37. The molecule has 2 heterocycles. The summed E-state index contributed by atoms with van der Waals surface area (Å²) in [5.41, 5.74) is 1.39. The van der Waals surface area contributed by atoms with Crippen LogP contribution in [0.2, 0.25) is 0 Å². The minimum absolute atomic E-state index is 0.151. The molecule has 0 saturated carbocycles. The van der Waals surface area contributed by atoms with Crippen LogP contribution >= 0.6 is 0 Å². The van der Waals surface area contributed by atoms with Crippen LogP contribution < -0.4 is 0 Å². The summed E-state index contributed by atoms with van der Waals surface area (Å²) >= 11 is 0. The minimum Gasteiger partial charge on any atom is -0.379 e. The molecule has 0 aromatic heterocycles. The lowest BCUT2D eigenvalue weighted by Gasteiger charge is -2.31. The van der Waals surface area contributed by atoms with Crippen molar-refractivity contribution in [2.24, 2.45) is 5.10 Å². The molecule has 2 amide bonds. The smallest absolute Gasteiger partial charge is 0.262 e. The number of hydrogen-bond donors (Lipinski definition) is 0. The number of hydrazone groups is 1. The maximum atomic E-state index is 14.5. The van der Waals surface area contributed by atoms with Crippen molar-refractivity contribution in [1.82, 2.24) is 14.8 Å². The van der Waals surface area contributed by atoms with Crippen molar-refractivity contribution in [2.45, 2.75) is 12.5 Å². The molecule has 2 aliphatic heterocycles. The predicted molar refractivity (Wildman–Crippen MR) is 129 cm³/mol. The molecule has 0 spiro atoms. The Hall–Kier alpha value is -3.21. The average Bonchev–Trinajstić information content (AvgIpc) is 3.33. The highest BCUT2D eigenvalue weighted by atomic mass is 19.1. The van der Waals surface area contributed by atoms with Crippen LogP contribution in [0.15, 0.2) is 53.6 Å². The van der Waals surface area contributed by atoms with E-state index < -0.39 is 23.6 Å². The van der Waals surface area contributed by atoms with Gasteiger partial charge < -0.3 is 14.4 Å². The number of ether oxygens (including phenoxy) is 2. The van der Waals surface area contributed by atoms with Crippen LogP contribution in [0.25, 0.3) is 0 Å². The lowest BCUT2D eigenvalue weighted by atomic mass is 9.98. The van der Waals surface area contributed by atoms with Gasteiger partial charge in [0.1, 0.15) is 24.8 Å². The van der Waals surface area contributed by atoms with Crippen LogP contribution in [-0.4, -0.2) is 92.0 Å². The standard InChI is InChI=1S/C26H30F2N4O4/c1-35-18-26(34)31(11-10-30-12-14-36-15-13-30)17-25(33)32-24(19-6-8-20(27)9-7-19)16-23(29-32)21-4-2-3-5-22(21)28/h2-9,24H,10-18H2,1H3. The highest BCUT2D eigenvalue weighted by Crippen LogP contribution is 2.33. The third-order valence-electron chi connectivity index (χ3n) is 6.34. The third-order valence-corrected chi connectivity index (χ3v) is 6.34. The Morgan fingerprint density at radius 1 is 1.11 bits per heavy atom. The molecule has 0 aliphatic carbocycles. The zero-order chi connectivity index (χ0) is 25.5. The van der Waals surface area contributed by atoms with E-state index in [1.54, 1.807) is 30.3 Å². The molecule has 1 fully saturated rings. The molecule has 1 unspecified atom stereocenters. The van der Waals surface area contributed by atoms with E-state index in [4.69, 9.17) is 9.47 Å². The summed E-state index contributed by atoms with van der Waals surface area (Å²) in [7, 11) is 1.43. The fraction of sp³-hybridized carbons (Fsp3) is 0.423. The van der Waals surface area contributed by atoms with Gasteiger partial charge in [0.05, 0.1) is 25.0 Å². The SMILES string of the molecule is COCC(=O)N(CCN1CCOCC1)CC(=O)N1N=C(c2ccccc2F)CC1c1ccc(F)cc1. The van der Waals surface area contributed by atoms with Crippen molar-refractivity contribution in [3.63, 3.8) is 0 Å². The van der Waals surface area contributed by atoms with Gasteiger partial charge >= 0.3 is 0 Å². The second-order valence-corrected chi connectivity index (χ2v) is 8.74. The lowest BCUT2D eigenvalue weighted by Crippen LogP contribution is -2.47. The van der Waals surface area contributed by atoms with Gasteiger partial charge in [-0.25, -0.2) is 13.8 Å². The van der Waals surface area contributed by atoms with E-state index in [1.807, 2.05) is 0 Å². The lowest BCUT2D eigenvalue weighted by molar-refractivity contribution is -0.143. The van der Waals surface area contributed by atoms with Gasteiger partial charge in [0.25, 0.3) is 5.91 Å². The minimum atomic E-state index is -0.550. The Labute approximate surface area is 209 Å². The maximum Gasteiger partial charge on any atom is 0.262 e. The molecule has 10 heteroatoms. The number of amides is 2. The predicted octanol–water partition coefficient (Wildman–Crippen LogP) is 2.45. The van der Waals surface area contributed by atoms with Crippen LogP contribution in [0, 0.1) is 11.6 Å². The quantitative estimate of drug-likeness (QED) is 0.529. The highest BCUT2D eigenvalue weighted by molar-refractivity contribution is 6.03. The molecule has 0 radical (unpaired) electrons. The Morgan fingerprint density at radius 3 is 2.53 bits per heavy atom. The molecular weight excluding hydrogens is 470 g/mol. The van der Waals surface area contributed by atoms with Gasteiger partial charge in [0.2, 0.25) is 5.91 Å². The van der Waals surface area contributed by atoms with Crippen molar-refractivity contribution in [3.05, 3.63) is 71.3 Å². The van der Waals surface area contributed by atoms with Crippen molar-refractivity contribution in [2.75, 3.05) is 59.7 Å². The molecule has 2 aromatic carbocycles. The van der Waals surface area contributed by atoms with E-state index in [0.717, 1.165) is 13.1 Å². The Kier molecular flexibility index (Phi) is 8.74.